The van der Waals surface area contributed by atoms with E-state index >= 15 is 0 Å². The number of hydrogen-bond acceptors (Lipinski definition) is 6. The fraction of sp³-hybridized carbons (Fsp3) is 1.00. The van der Waals surface area contributed by atoms with Crippen molar-refractivity contribution in [2.24, 2.45) is 0 Å². The first-order valence-corrected chi connectivity index (χ1v) is 7.55. The first kappa shape index (κ1) is 17.2. The summed E-state index contributed by atoms with van der Waals surface area (Å²) in [6, 6.07) is 0. The molecule has 0 saturated carbocycles. The van der Waals surface area contributed by atoms with Crippen LogP contribution >= 0.6 is 23.5 Å². The Morgan fingerprint density at radius 1 is 0.824 bits per heavy atom. The summed E-state index contributed by atoms with van der Waals surface area (Å²) in [6.45, 7) is 0. The molecular weight excluding hydrogens is 322 g/mol. The summed E-state index contributed by atoms with van der Waals surface area (Å²) in [7, 11) is -17.7. The SMILES string of the molecule is O=P(O)(O)OP(=O)(O)OP(=O)(O)OC(F)(F)F. The zero-order chi connectivity index (χ0) is 14.1. The van der Waals surface area contributed by atoms with Crippen molar-refractivity contribution in [3.8, 4) is 0 Å². The third kappa shape index (κ3) is 9.86. The maximum Gasteiger partial charge on any atom is 0.531 e. The highest BCUT2D eigenvalue weighted by Gasteiger charge is 2.47. The molecule has 0 heterocycles. The Labute approximate surface area is 90.4 Å². The molecule has 104 valence electrons. The first-order valence-electron chi connectivity index (χ1n) is 3.03. The molecular formula is CH4F3O10P3. The van der Waals surface area contributed by atoms with Gasteiger partial charge >= 0.3 is 29.8 Å². The molecule has 17 heavy (non-hydrogen) atoms. The van der Waals surface area contributed by atoms with Gasteiger partial charge in [-0.2, -0.15) is 13.1 Å². The zero-order valence-corrected chi connectivity index (χ0v) is 9.90. The van der Waals surface area contributed by atoms with Gasteiger partial charge in [-0.1, -0.05) is 0 Å². The van der Waals surface area contributed by atoms with Crippen molar-refractivity contribution in [2.45, 2.75) is 6.36 Å². The Morgan fingerprint density at radius 3 is 1.53 bits per heavy atom. The van der Waals surface area contributed by atoms with E-state index in [0.29, 0.717) is 0 Å². The maximum atomic E-state index is 11.5. The van der Waals surface area contributed by atoms with Gasteiger partial charge in [-0.05, 0) is 0 Å². The van der Waals surface area contributed by atoms with E-state index in [9.17, 15) is 26.9 Å². The van der Waals surface area contributed by atoms with Gasteiger partial charge in [0.2, 0.25) is 0 Å². The van der Waals surface area contributed by atoms with Crippen LogP contribution in [0.15, 0.2) is 0 Å². The van der Waals surface area contributed by atoms with E-state index in [4.69, 9.17) is 19.6 Å². The molecule has 0 bridgehead atoms. The fourth-order valence-electron chi connectivity index (χ4n) is 0.427. The van der Waals surface area contributed by atoms with Gasteiger partial charge in [0.25, 0.3) is 0 Å². The van der Waals surface area contributed by atoms with Crippen LogP contribution in [0.25, 0.3) is 0 Å². The van der Waals surface area contributed by atoms with Gasteiger partial charge in [0.05, 0.1) is 0 Å². The van der Waals surface area contributed by atoms with Gasteiger partial charge in [-0.15, -0.1) is 13.2 Å². The molecule has 0 rings (SSSR count). The van der Waals surface area contributed by atoms with Crippen molar-refractivity contribution >= 4 is 23.5 Å². The highest BCUT2D eigenvalue weighted by molar-refractivity contribution is 7.66. The summed E-state index contributed by atoms with van der Waals surface area (Å²) in [5, 5.41) is 0. The smallest absolute Gasteiger partial charge is 0.302 e. The van der Waals surface area contributed by atoms with Crippen molar-refractivity contribution in [1.82, 2.24) is 0 Å². The molecule has 2 atom stereocenters. The van der Waals surface area contributed by atoms with Crippen molar-refractivity contribution in [3.63, 3.8) is 0 Å². The second-order valence-electron chi connectivity index (χ2n) is 2.13. The van der Waals surface area contributed by atoms with Gasteiger partial charge < -0.3 is 19.6 Å². The van der Waals surface area contributed by atoms with Crippen LogP contribution in [0.1, 0.15) is 0 Å². The van der Waals surface area contributed by atoms with Crippen molar-refractivity contribution < 1.29 is 59.6 Å². The molecule has 0 fully saturated rings. The average molecular weight is 326 g/mol. The first-order chi connectivity index (χ1) is 7.12. The maximum absolute atomic E-state index is 11.5. The summed E-state index contributed by atoms with van der Waals surface area (Å²) in [6.07, 6.45) is -5.69. The molecule has 16 heteroatoms. The van der Waals surface area contributed by atoms with Crippen LogP contribution in [-0.2, 0) is 26.8 Å². The predicted octanol–water partition coefficient (Wildman–Crippen LogP) is 0.849. The molecule has 0 aliphatic carbocycles. The minimum atomic E-state index is -6.13. The van der Waals surface area contributed by atoms with Gasteiger partial charge in [0, 0.05) is 0 Å². The molecule has 0 aromatic rings. The average Bonchev–Trinajstić information content (AvgIpc) is 1.65. The molecule has 10 nitrogen and oxygen atoms in total. The number of phosphoric ester groups is 1. The van der Waals surface area contributed by atoms with Crippen LogP contribution in [0.4, 0.5) is 13.2 Å². The Balaban J connectivity index is 4.78. The Morgan fingerprint density at radius 2 is 1.24 bits per heavy atom. The lowest BCUT2D eigenvalue weighted by atomic mass is 11.4. The Bertz CT molecular complexity index is 406. The van der Waals surface area contributed by atoms with Crippen molar-refractivity contribution in [2.75, 3.05) is 0 Å². The van der Waals surface area contributed by atoms with E-state index in [1.165, 1.54) is 0 Å². The van der Waals surface area contributed by atoms with Crippen LogP contribution in [0.5, 0.6) is 0 Å². The van der Waals surface area contributed by atoms with Crippen LogP contribution in [0.2, 0.25) is 0 Å². The van der Waals surface area contributed by atoms with E-state index in [1.807, 2.05) is 0 Å². The summed E-state index contributed by atoms with van der Waals surface area (Å²) in [5.41, 5.74) is 0. The third-order valence-corrected chi connectivity index (χ3v) is 4.40. The van der Waals surface area contributed by atoms with Crippen LogP contribution < -0.4 is 0 Å². The third-order valence-electron chi connectivity index (χ3n) is 0.635. The molecule has 0 aliphatic heterocycles. The lowest BCUT2D eigenvalue weighted by molar-refractivity contribution is -0.281. The number of hydrogen-bond donors (Lipinski definition) is 4. The minimum absolute atomic E-state index is 2.40. The second kappa shape index (κ2) is 5.06. The second-order valence-corrected chi connectivity index (χ2v) is 6.47. The highest BCUT2D eigenvalue weighted by Crippen LogP contribution is 2.67. The van der Waals surface area contributed by atoms with Crippen LogP contribution in [-0.4, -0.2) is 25.9 Å². The van der Waals surface area contributed by atoms with Gasteiger partial charge in [0.1, 0.15) is 0 Å². The standard InChI is InChI=1S/CH4F3O10P3/c2-1(3,4)12-16(8,9)14-17(10,11)13-15(5,6)7/h(H,8,9)(H,10,11)(H2,5,6,7). The van der Waals surface area contributed by atoms with E-state index in [2.05, 4.69) is 13.1 Å². The van der Waals surface area contributed by atoms with E-state index in [1.54, 1.807) is 0 Å². The Kier molecular flexibility index (Phi) is 5.12. The van der Waals surface area contributed by atoms with Gasteiger partial charge in [-0.3, -0.25) is 0 Å². The molecule has 0 spiro atoms. The van der Waals surface area contributed by atoms with E-state index in [-0.39, 0.29) is 0 Å². The van der Waals surface area contributed by atoms with E-state index in [0.717, 1.165) is 0 Å². The zero-order valence-electron chi connectivity index (χ0n) is 7.21. The monoisotopic (exact) mass is 326 g/mol. The molecule has 0 amide bonds. The lowest BCUT2D eigenvalue weighted by Crippen LogP contribution is -2.12. The molecule has 0 saturated heterocycles. The van der Waals surface area contributed by atoms with Crippen molar-refractivity contribution in [3.05, 3.63) is 0 Å². The van der Waals surface area contributed by atoms with Crippen LogP contribution in [0, 0.1) is 0 Å². The normalized spacial score (nSPS) is 20.6. The van der Waals surface area contributed by atoms with Gasteiger partial charge in [0.15, 0.2) is 0 Å². The quantitative estimate of drug-likeness (QED) is 0.533. The summed E-state index contributed by atoms with van der Waals surface area (Å²) >= 11 is 0. The van der Waals surface area contributed by atoms with E-state index < -0.39 is 29.8 Å². The molecule has 0 aromatic carbocycles. The summed E-state index contributed by atoms with van der Waals surface area (Å²) < 4.78 is 73.8. The molecule has 2 unspecified atom stereocenters. The van der Waals surface area contributed by atoms with Gasteiger partial charge in [-0.25, -0.2) is 13.7 Å². The molecule has 0 aromatic heterocycles. The number of phosphoric acid groups is 3. The number of halogens is 3. The molecule has 4 N–H and O–H groups in total. The number of rotatable bonds is 5. The van der Waals surface area contributed by atoms with Crippen LogP contribution in [0.3, 0.4) is 0 Å². The lowest BCUT2D eigenvalue weighted by Gasteiger charge is -2.16. The topological polar surface area (TPSA) is 160 Å². The number of alkyl halides is 3. The highest BCUT2D eigenvalue weighted by atomic mass is 31.3. The minimum Gasteiger partial charge on any atom is -0.302 e. The van der Waals surface area contributed by atoms with Crippen molar-refractivity contribution in [1.29, 1.82) is 0 Å². The fourth-order valence-corrected chi connectivity index (χ4v) is 3.33. The largest absolute Gasteiger partial charge is 0.531 e. The molecule has 0 radical (unpaired) electrons. The molecule has 0 aliphatic rings. The Hall–Kier alpha value is 0.200. The predicted molar refractivity (Wildman–Crippen MR) is 41.0 cm³/mol. The summed E-state index contributed by atoms with van der Waals surface area (Å²) in [5.74, 6) is 0. The summed E-state index contributed by atoms with van der Waals surface area (Å²) in [4.78, 5) is 32.8.